The molecule has 3 atom stereocenters. The van der Waals surface area contributed by atoms with Crippen molar-refractivity contribution in [2.45, 2.75) is 65.4 Å². The topological polar surface area (TPSA) is 74.2 Å². The number of pyridine rings is 1. The molecule has 1 fully saturated rings. The number of benzene rings is 1. The van der Waals surface area contributed by atoms with E-state index in [1.54, 1.807) is 13.8 Å². The first-order valence-corrected chi connectivity index (χ1v) is 12.9. The highest BCUT2D eigenvalue weighted by atomic mass is 19.1. The lowest BCUT2D eigenvalue weighted by Gasteiger charge is -2.29. The van der Waals surface area contributed by atoms with Crippen molar-refractivity contribution < 1.29 is 23.0 Å². The van der Waals surface area contributed by atoms with Gasteiger partial charge in [0.05, 0.1) is 30.4 Å². The van der Waals surface area contributed by atoms with Crippen LogP contribution in [-0.4, -0.2) is 27.3 Å². The average Bonchev–Trinajstić information content (AvgIpc) is 3.72. The van der Waals surface area contributed by atoms with Crippen LogP contribution in [0.1, 0.15) is 74.6 Å². The highest BCUT2D eigenvalue weighted by Gasteiger charge is 2.40. The van der Waals surface area contributed by atoms with Gasteiger partial charge in [0.15, 0.2) is 17.4 Å². The van der Waals surface area contributed by atoms with Crippen molar-refractivity contribution in [3.63, 3.8) is 0 Å². The Hall–Kier alpha value is -3.42. The summed E-state index contributed by atoms with van der Waals surface area (Å²) in [7, 11) is 0. The number of carbonyl (C=O) groups excluding carboxylic acids is 1. The molecule has 6 nitrogen and oxygen atoms in total. The summed E-state index contributed by atoms with van der Waals surface area (Å²) in [5.74, 6) is -0.363. The van der Waals surface area contributed by atoms with E-state index in [0.717, 1.165) is 24.6 Å². The third kappa shape index (κ3) is 4.93. The Labute approximate surface area is 215 Å². The number of nitrogens with zero attached hydrogens (tertiary/aromatic N) is 3. The van der Waals surface area contributed by atoms with Crippen LogP contribution >= 0.6 is 0 Å². The van der Waals surface area contributed by atoms with E-state index < -0.39 is 11.9 Å². The van der Waals surface area contributed by atoms with Crippen LogP contribution < -0.4 is 9.47 Å². The second-order valence-electron chi connectivity index (χ2n) is 10.0. The standard InChI is InChI=1S/C29H31F2N3O3/c1-5-36-25-12-21(22(30)13-32-25)23-14-33-28(16(3)34-23)24-11-9-19-8-10-20(27(31)29(19)37-24)26(18-6-7-18)15(2)17(4)35/h8,10,12-15,18,24,26H,5-7,9,11H2,1-4H3/t15-,24?,26+/m1/s1. The molecule has 0 radical (unpaired) electrons. The largest absolute Gasteiger partial charge is 0.481 e. The molecule has 0 bridgehead atoms. The molecule has 5 rings (SSSR count). The zero-order valence-corrected chi connectivity index (χ0v) is 21.6. The van der Waals surface area contributed by atoms with Crippen molar-refractivity contribution in [2.24, 2.45) is 11.8 Å². The number of Topliss-reactive ketones (excluding diaryl/α,β-unsaturated/α-hetero) is 1. The van der Waals surface area contributed by atoms with E-state index in [2.05, 4.69) is 15.0 Å². The van der Waals surface area contributed by atoms with Gasteiger partial charge in [0.25, 0.3) is 0 Å². The predicted molar refractivity (Wildman–Crippen MR) is 135 cm³/mol. The van der Waals surface area contributed by atoms with Gasteiger partial charge in [0.2, 0.25) is 5.88 Å². The minimum absolute atomic E-state index is 0.0674. The van der Waals surface area contributed by atoms with Gasteiger partial charge >= 0.3 is 0 Å². The normalized spacial score (nSPS) is 18.5. The summed E-state index contributed by atoms with van der Waals surface area (Å²) in [6, 6.07) is 5.26. The van der Waals surface area contributed by atoms with Gasteiger partial charge in [-0.3, -0.25) is 9.78 Å². The molecule has 2 aromatic heterocycles. The molecule has 0 N–H and O–H groups in total. The number of carbonyl (C=O) groups is 1. The Balaban J connectivity index is 1.44. The lowest BCUT2D eigenvalue weighted by atomic mass is 9.80. The molecule has 0 spiro atoms. The summed E-state index contributed by atoms with van der Waals surface area (Å²) < 4.78 is 42.0. The Morgan fingerprint density at radius 1 is 1.19 bits per heavy atom. The van der Waals surface area contributed by atoms with Crippen LogP contribution in [0.3, 0.4) is 0 Å². The number of ketones is 1. The summed E-state index contributed by atoms with van der Waals surface area (Å²) in [5, 5.41) is 0. The lowest BCUT2D eigenvalue weighted by molar-refractivity contribution is -0.121. The molecular formula is C29H31F2N3O3. The van der Waals surface area contributed by atoms with Crippen LogP contribution in [0.2, 0.25) is 0 Å². The quantitative estimate of drug-likeness (QED) is 0.356. The summed E-state index contributed by atoms with van der Waals surface area (Å²) in [6.07, 6.45) is 5.39. The van der Waals surface area contributed by atoms with E-state index >= 15 is 4.39 Å². The van der Waals surface area contributed by atoms with Crippen LogP contribution in [0.4, 0.5) is 8.78 Å². The smallest absolute Gasteiger partial charge is 0.214 e. The Bertz CT molecular complexity index is 1340. The number of hydrogen-bond acceptors (Lipinski definition) is 6. The molecule has 1 aliphatic carbocycles. The van der Waals surface area contributed by atoms with Gasteiger partial charge in [-0.2, -0.15) is 0 Å². The number of aromatic nitrogens is 3. The van der Waals surface area contributed by atoms with Gasteiger partial charge in [-0.05, 0) is 69.4 Å². The van der Waals surface area contributed by atoms with Gasteiger partial charge in [-0.1, -0.05) is 19.1 Å². The van der Waals surface area contributed by atoms with E-state index in [1.165, 1.54) is 12.3 Å². The highest BCUT2D eigenvalue weighted by Crippen LogP contribution is 2.49. The van der Waals surface area contributed by atoms with E-state index in [4.69, 9.17) is 9.47 Å². The second-order valence-corrected chi connectivity index (χ2v) is 10.0. The van der Waals surface area contributed by atoms with Crippen molar-refractivity contribution in [1.29, 1.82) is 0 Å². The molecule has 0 amide bonds. The van der Waals surface area contributed by atoms with Crippen LogP contribution in [0.25, 0.3) is 11.3 Å². The number of halogens is 2. The van der Waals surface area contributed by atoms with Crippen molar-refractivity contribution in [3.8, 4) is 22.9 Å². The van der Waals surface area contributed by atoms with Crippen molar-refractivity contribution >= 4 is 5.78 Å². The second kappa shape index (κ2) is 10.1. The minimum atomic E-state index is -0.521. The molecule has 3 aromatic rings. The predicted octanol–water partition coefficient (Wildman–Crippen LogP) is 6.31. The van der Waals surface area contributed by atoms with Crippen LogP contribution in [0.15, 0.2) is 30.6 Å². The Kier molecular flexibility index (Phi) is 6.92. The van der Waals surface area contributed by atoms with Crippen LogP contribution in [0.5, 0.6) is 11.6 Å². The lowest BCUT2D eigenvalue weighted by Crippen LogP contribution is -2.23. The maximum Gasteiger partial charge on any atom is 0.214 e. The van der Waals surface area contributed by atoms with Gasteiger partial charge in [0.1, 0.15) is 17.6 Å². The van der Waals surface area contributed by atoms with Gasteiger partial charge in [0, 0.05) is 17.5 Å². The van der Waals surface area contributed by atoms with E-state index in [1.807, 2.05) is 26.0 Å². The molecule has 8 heteroatoms. The van der Waals surface area contributed by atoms with Gasteiger partial charge in [-0.25, -0.2) is 18.7 Å². The van der Waals surface area contributed by atoms with Crippen molar-refractivity contribution in [1.82, 2.24) is 15.0 Å². The average molecular weight is 508 g/mol. The third-order valence-corrected chi connectivity index (χ3v) is 7.50. The number of ether oxygens (including phenoxy) is 2. The monoisotopic (exact) mass is 507 g/mol. The first-order valence-electron chi connectivity index (χ1n) is 12.9. The molecule has 3 heterocycles. The molecule has 1 aromatic carbocycles. The molecule has 1 aliphatic heterocycles. The fourth-order valence-electron chi connectivity index (χ4n) is 5.29. The highest BCUT2D eigenvalue weighted by molar-refractivity contribution is 5.79. The fraction of sp³-hybridized carbons (Fsp3) is 0.448. The first kappa shape index (κ1) is 25.2. The minimum Gasteiger partial charge on any atom is -0.481 e. The molecule has 2 aliphatic rings. The molecule has 0 saturated heterocycles. The Morgan fingerprint density at radius 3 is 2.65 bits per heavy atom. The van der Waals surface area contributed by atoms with Gasteiger partial charge in [-0.15, -0.1) is 0 Å². The number of aryl methyl sites for hydroxylation is 2. The van der Waals surface area contributed by atoms with E-state index in [9.17, 15) is 9.18 Å². The van der Waals surface area contributed by atoms with Crippen LogP contribution in [0, 0.1) is 30.4 Å². The molecule has 1 unspecified atom stereocenters. The van der Waals surface area contributed by atoms with Crippen molar-refractivity contribution in [2.75, 3.05) is 6.61 Å². The molecular weight excluding hydrogens is 476 g/mol. The first-order chi connectivity index (χ1) is 17.8. The van der Waals surface area contributed by atoms with Crippen LogP contribution in [-0.2, 0) is 11.2 Å². The third-order valence-electron chi connectivity index (χ3n) is 7.50. The summed E-state index contributed by atoms with van der Waals surface area (Å²) in [4.78, 5) is 25.2. The van der Waals surface area contributed by atoms with Crippen molar-refractivity contribution in [3.05, 3.63) is 64.7 Å². The summed E-state index contributed by atoms with van der Waals surface area (Å²) >= 11 is 0. The van der Waals surface area contributed by atoms with Gasteiger partial charge < -0.3 is 9.47 Å². The zero-order chi connectivity index (χ0) is 26.3. The zero-order valence-electron chi connectivity index (χ0n) is 21.6. The molecule has 37 heavy (non-hydrogen) atoms. The SMILES string of the molecule is CCOc1cc(-c2cnc(C3CCc4ccc([C@H](C5CC5)[C@H](C)C(C)=O)c(F)c4O3)c(C)n2)c(F)cn1. The number of rotatable bonds is 8. The summed E-state index contributed by atoms with van der Waals surface area (Å²) in [6.45, 7) is 7.49. The van der Waals surface area contributed by atoms with E-state index in [-0.39, 0.29) is 34.7 Å². The molecule has 1 saturated carbocycles. The Morgan fingerprint density at radius 2 is 1.97 bits per heavy atom. The maximum atomic E-state index is 15.9. The number of fused-ring (bicyclic) bond motifs is 1. The number of hydrogen-bond donors (Lipinski definition) is 0. The molecule has 194 valence electrons. The fourth-order valence-corrected chi connectivity index (χ4v) is 5.29. The summed E-state index contributed by atoms with van der Waals surface area (Å²) in [5.41, 5.74) is 3.15. The van der Waals surface area contributed by atoms with E-state index in [0.29, 0.717) is 53.9 Å². The maximum absolute atomic E-state index is 15.9.